The van der Waals surface area contributed by atoms with Crippen LogP contribution in [-0.2, 0) is 6.54 Å². The van der Waals surface area contributed by atoms with E-state index in [2.05, 4.69) is 10.5 Å². The molecule has 2 aromatic rings. The SMILES string of the molecule is Cc1cccc(F)c1NCc1ccccc1/C(N)=N/O. The van der Waals surface area contributed by atoms with Gasteiger partial charge in [-0.15, -0.1) is 0 Å². The first-order valence-corrected chi connectivity index (χ1v) is 6.18. The van der Waals surface area contributed by atoms with E-state index >= 15 is 0 Å². The Hall–Kier alpha value is -2.56. The number of nitrogens with zero attached hydrogens (tertiary/aromatic N) is 1. The van der Waals surface area contributed by atoms with Crippen molar-refractivity contribution in [3.05, 3.63) is 65.0 Å². The molecule has 4 nitrogen and oxygen atoms in total. The maximum absolute atomic E-state index is 13.7. The van der Waals surface area contributed by atoms with Crippen LogP contribution >= 0.6 is 0 Å². The van der Waals surface area contributed by atoms with Crippen LogP contribution in [-0.4, -0.2) is 11.0 Å². The second-order valence-electron chi connectivity index (χ2n) is 4.43. The maximum atomic E-state index is 13.7. The van der Waals surface area contributed by atoms with E-state index in [9.17, 15) is 4.39 Å². The summed E-state index contributed by atoms with van der Waals surface area (Å²) in [6.07, 6.45) is 0. The summed E-state index contributed by atoms with van der Waals surface area (Å²) in [4.78, 5) is 0. The van der Waals surface area contributed by atoms with Crippen molar-refractivity contribution >= 4 is 11.5 Å². The Labute approximate surface area is 116 Å². The number of halogens is 1. The maximum Gasteiger partial charge on any atom is 0.170 e. The van der Waals surface area contributed by atoms with Crippen LogP contribution in [0, 0.1) is 12.7 Å². The van der Waals surface area contributed by atoms with Crippen LogP contribution < -0.4 is 11.1 Å². The molecule has 0 unspecified atom stereocenters. The van der Waals surface area contributed by atoms with Crippen LogP contribution in [0.3, 0.4) is 0 Å². The van der Waals surface area contributed by atoms with Gasteiger partial charge in [-0.2, -0.15) is 0 Å². The average Bonchev–Trinajstić information content (AvgIpc) is 2.46. The monoisotopic (exact) mass is 273 g/mol. The van der Waals surface area contributed by atoms with E-state index in [1.807, 2.05) is 25.1 Å². The molecule has 0 radical (unpaired) electrons. The Kier molecular flexibility index (Phi) is 4.20. The van der Waals surface area contributed by atoms with Gasteiger partial charge >= 0.3 is 0 Å². The number of nitrogens with two attached hydrogens (primary N) is 1. The number of para-hydroxylation sites is 1. The molecule has 0 aromatic heterocycles. The standard InChI is InChI=1S/C15H16FN3O/c1-10-5-4-8-13(16)14(10)18-9-11-6-2-3-7-12(11)15(17)19-20/h2-8,18,20H,9H2,1H3,(H2,17,19). The van der Waals surface area contributed by atoms with Crippen LogP contribution in [0.5, 0.6) is 0 Å². The van der Waals surface area contributed by atoms with Gasteiger partial charge in [0.2, 0.25) is 0 Å². The highest BCUT2D eigenvalue weighted by Gasteiger charge is 2.08. The summed E-state index contributed by atoms with van der Waals surface area (Å²) in [5, 5.41) is 14.8. The molecule has 0 aliphatic rings. The molecule has 0 saturated heterocycles. The zero-order chi connectivity index (χ0) is 14.5. The molecule has 2 rings (SSSR count). The quantitative estimate of drug-likeness (QED) is 0.347. The van der Waals surface area contributed by atoms with Gasteiger partial charge in [-0.05, 0) is 24.1 Å². The topological polar surface area (TPSA) is 70.6 Å². The van der Waals surface area contributed by atoms with Crippen molar-refractivity contribution in [2.75, 3.05) is 5.32 Å². The second-order valence-corrected chi connectivity index (χ2v) is 4.43. The fourth-order valence-electron chi connectivity index (χ4n) is 2.02. The smallest absolute Gasteiger partial charge is 0.170 e. The van der Waals surface area contributed by atoms with Crippen molar-refractivity contribution in [2.24, 2.45) is 10.9 Å². The number of anilines is 1. The molecule has 0 amide bonds. The van der Waals surface area contributed by atoms with E-state index in [1.165, 1.54) is 6.07 Å². The van der Waals surface area contributed by atoms with Gasteiger partial charge in [0.25, 0.3) is 0 Å². The van der Waals surface area contributed by atoms with Gasteiger partial charge in [0.15, 0.2) is 5.84 Å². The lowest BCUT2D eigenvalue weighted by molar-refractivity contribution is 0.318. The molecule has 104 valence electrons. The molecule has 0 atom stereocenters. The molecule has 20 heavy (non-hydrogen) atoms. The van der Waals surface area contributed by atoms with Gasteiger partial charge < -0.3 is 16.3 Å². The molecule has 0 aliphatic carbocycles. The molecule has 0 bridgehead atoms. The van der Waals surface area contributed by atoms with Gasteiger partial charge in [-0.3, -0.25) is 0 Å². The molecule has 0 heterocycles. The second kappa shape index (κ2) is 6.06. The number of amidine groups is 1. The van der Waals surface area contributed by atoms with E-state index in [0.717, 1.165) is 11.1 Å². The van der Waals surface area contributed by atoms with Gasteiger partial charge in [0.1, 0.15) is 5.82 Å². The summed E-state index contributed by atoms with van der Waals surface area (Å²) < 4.78 is 13.7. The molecular weight excluding hydrogens is 257 g/mol. The van der Waals surface area contributed by atoms with E-state index in [1.54, 1.807) is 18.2 Å². The summed E-state index contributed by atoms with van der Waals surface area (Å²) >= 11 is 0. The van der Waals surface area contributed by atoms with Gasteiger partial charge in [0.05, 0.1) is 5.69 Å². The van der Waals surface area contributed by atoms with Crippen LogP contribution in [0.1, 0.15) is 16.7 Å². The van der Waals surface area contributed by atoms with E-state index in [4.69, 9.17) is 10.9 Å². The summed E-state index contributed by atoms with van der Waals surface area (Å²) in [5.74, 6) is -0.265. The number of hydrogen-bond donors (Lipinski definition) is 3. The Morgan fingerprint density at radius 3 is 2.70 bits per heavy atom. The first kappa shape index (κ1) is 13.9. The Morgan fingerprint density at radius 2 is 2.00 bits per heavy atom. The minimum absolute atomic E-state index is 0.0349. The molecular formula is C15H16FN3O. The molecule has 2 aromatic carbocycles. The third-order valence-electron chi connectivity index (χ3n) is 3.08. The summed E-state index contributed by atoms with van der Waals surface area (Å²) in [5.41, 5.74) is 8.35. The molecule has 0 aliphatic heterocycles. The molecule has 5 heteroatoms. The highest BCUT2D eigenvalue weighted by atomic mass is 19.1. The largest absolute Gasteiger partial charge is 0.409 e. The molecule has 0 saturated carbocycles. The van der Waals surface area contributed by atoms with Crippen molar-refractivity contribution in [1.82, 2.24) is 0 Å². The number of benzene rings is 2. The fraction of sp³-hybridized carbons (Fsp3) is 0.133. The normalized spacial score (nSPS) is 11.4. The summed E-state index contributed by atoms with van der Waals surface area (Å²) in [6.45, 7) is 2.22. The van der Waals surface area contributed by atoms with Crippen molar-refractivity contribution in [1.29, 1.82) is 0 Å². The van der Waals surface area contributed by atoms with Crippen LogP contribution in [0.25, 0.3) is 0 Å². The van der Waals surface area contributed by atoms with E-state index < -0.39 is 0 Å². The predicted octanol–water partition coefficient (Wildman–Crippen LogP) is 2.84. The Bertz CT molecular complexity index is 621. The zero-order valence-corrected chi connectivity index (χ0v) is 11.1. The summed E-state index contributed by atoms with van der Waals surface area (Å²) in [6, 6.07) is 12.1. The lowest BCUT2D eigenvalue weighted by Gasteiger charge is -2.13. The van der Waals surface area contributed by atoms with Crippen LogP contribution in [0.4, 0.5) is 10.1 Å². The Morgan fingerprint density at radius 1 is 1.25 bits per heavy atom. The highest BCUT2D eigenvalue weighted by molar-refractivity contribution is 5.98. The first-order valence-electron chi connectivity index (χ1n) is 6.18. The lowest BCUT2D eigenvalue weighted by Crippen LogP contribution is -2.17. The lowest BCUT2D eigenvalue weighted by atomic mass is 10.1. The molecule has 0 fully saturated rings. The van der Waals surface area contributed by atoms with Gasteiger partial charge in [0, 0.05) is 12.1 Å². The van der Waals surface area contributed by atoms with Crippen LogP contribution in [0.15, 0.2) is 47.6 Å². The highest BCUT2D eigenvalue weighted by Crippen LogP contribution is 2.20. The number of oxime groups is 1. The third-order valence-corrected chi connectivity index (χ3v) is 3.08. The minimum atomic E-state index is -0.300. The zero-order valence-electron chi connectivity index (χ0n) is 11.1. The molecule has 4 N–H and O–H groups in total. The summed E-state index contributed by atoms with van der Waals surface area (Å²) in [7, 11) is 0. The molecule has 0 spiro atoms. The first-order chi connectivity index (χ1) is 9.63. The number of nitrogens with one attached hydrogen (secondary N) is 1. The Balaban J connectivity index is 2.24. The number of aryl methyl sites for hydroxylation is 1. The fourth-order valence-corrected chi connectivity index (χ4v) is 2.02. The van der Waals surface area contributed by atoms with E-state index in [-0.39, 0.29) is 11.7 Å². The van der Waals surface area contributed by atoms with Crippen molar-refractivity contribution in [3.63, 3.8) is 0 Å². The van der Waals surface area contributed by atoms with Crippen molar-refractivity contribution in [3.8, 4) is 0 Å². The number of hydrogen-bond acceptors (Lipinski definition) is 3. The van der Waals surface area contributed by atoms with Gasteiger partial charge in [-0.25, -0.2) is 4.39 Å². The predicted molar refractivity (Wildman–Crippen MR) is 77.4 cm³/mol. The van der Waals surface area contributed by atoms with Crippen molar-refractivity contribution < 1.29 is 9.60 Å². The van der Waals surface area contributed by atoms with Crippen LogP contribution in [0.2, 0.25) is 0 Å². The third kappa shape index (κ3) is 2.88. The van der Waals surface area contributed by atoms with Gasteiger partial charge in [-0.1, -0.05) is 41.6 Å². The number of rotatable bonds is 4. The average molecular weight is 273 g/mol. The van der Waals surface area contributed by atoms with Crippen molar-refractivity contribution in [2.45, 2.75) is 13.5 Å². The van der Waals surface area contributed by atoms with E-state index in [0.29, 0.717) is 17.8 Å². The minimum Gasteiger partial charge on any atom is -0.409 e.